The Hall–Kier alpha value is 0.270. The van der Waals surface area contributed by atoms with Crippen LogP contribution in [0.5, 0.6) is 0 Å². The lowest BCUT2D eigenvalue weighted by molar-refractivity contribution is 0.0641. The van der Waals surface area contributed by atoms with Crippen LogP contribution >= 0.6 is 11.8 Å². The number of rotatable bonds is 0. The van der Waals surface area contributed by atoms with Crippen molar-refractivity contribution in [3.05, 3.63) is 0 Å². The maximum absolute atomic E-state index is 3.56. The van der Waals surface area contributed by atoms with Gasteiger partial charge in [-0.2, -0.15) is 0 Å². The third-order valence-electron chi connectivity index (χ3n) is 3.31. The number of hydrogen-bond donors (Lipinski definition) is 1. The quantitative estimate of drug-likeness (QED) is 0.663. The molecule has 0 saturated carbocycles. The predicted octanol–water partition coefficient (Wildman–Crippen LogP) is 1.91. The molecule has 0 aromatic rings. The van der Waals surface area contributed by atoms with E-state index >= 15 is 0 Å². The van der Waals surface area contributed by atoms with Crippen molar-refractivity contribution in [2.45, 2.75) is 44.0 Å². The summed E-state index contributed by atoms with van der Waals surface area (Å²) in [6, 6.07) is 0. The molecule has 3 heteroatoms. The topological polar surface area (TPSA) is 15.3 Å². The maximum Gasteiger partial charge on any atom is 0.0801 e. The van der Waals surface area contributed by atoms with E-state index in [0.29, 0.717) is 10.4 Å². The minimum atomic E-state index is 0.322. The van der Waals surface area contributed by atoms with E-state index in [-0.39, 0.29) is 0 Å². The zero-order valence-electron chi connectivity index (χ0n) is 9.60. The van der Waals surface area contributed by atoms with E-state index in [1.54, 1.807) is 0 Å². The number of nitrogens with one attached hydrogen (secondary N) is 1. The highest BCUT2D eigenvalue weighted by atomic mass is 32.2. The van der Waals surface area contributed by atoms with Crippen LogP contribution in [-0.4, -0.2) is 40.7 Å². The first-order valence-corrected chi connectivity index (χ1v) is 6.66. The Balaban J connectivity index is 2.16. The van der Waals surface area contributed by atoms with Gasteiger partial charge in [0.1, 0.15) is 0 Å². The molecule has 2 aliphatic heterocycles. The number of piperidine rings is 1. The van der Waals surface area contributed by atoms with Gasteiger partial charge >= 0.3 is 0 Å². The minimum Gasteiger partial charge on any atom is -0.314 e. The number of nitrogens with zero attached hydrogens (tertiary/aromatic N) is 1. The van der Waals surface area contributed by atoms with E-state index in [4.69, 9.17) is 0 Å². The Morgan fingerprint density at radius 1 is 1.36 bits per heavy atom. The lowest BCUT2D eigenvalue weighted by atomic mass is 9.97. The normalized spacial score (nSPS) is 35.4. The lowest BCUT2D eigenvalue weighted by Crippen LogP contribution is -2.58. The molecule has 2 saturated heterocycles. The summed E-state index contributed by atoms with van der Waals surface area (Å²) in [5.74, 6) is 1.30. The molecule has 1 atom stereocenters. The summed E-state index contributed by atoms with van der Waals surface area (Å²) in [4.78, 5) is 3.12. The third-order valence-corrected chi connectivity index (χ3v) is 4.80. The minimum absolute atomic E-state index is 0.322. The van der Waals surface area contributed by atoms with Crippen LogP contribution in [-0.2, 0) is 0 Å². The average molecular weight is 214 g/mol. The second-order valence-electron chi connectivity index (χ2n) is 5.40. The zero-order valence-corrected chi connectivity index (χ0v) is 10.4. The van der Waals surface area contributed by atoms with Gasteiger partial charge in [-0.3, -0.25) is 4.90 Å². The molecule has 0 aromatic heterocycles. The standard InChI is InChI=1S/C11H22N2S/c1-10(2,3)13-7-8-14-11(13)5-4-6-12-9-11/h12H,4-9H2,1-3H3. The summed E-state index contributed by atoms with van der Waals surface area (Å²) in [5, 5.41) is 3.56. The largest absolute Gasteiger partial charge is 0.314 e. The monoisotopic (exact) mass is 214 g/mol. The van der Waals surface area contributed by atoms with Crippen molar-refractivity contribution in [3.63, 3.8) is 0 Å². The van der Waals surface area contributed by atoms with E-state index in [9.17, 15) is 0 Å². The van der Waals surface area contributed by atoms with Gasteiger partial charge in [-0.15, -0.1) is 11.8 Å². The van der Waals surface area contributed by atoms with Crippen LogP contribution in [0.15, 0.2) is 0 Å². The molecule has 2 nitrogen and oxygen atoms in total. The third kappa shape index (κ3) is 1.82. The molecule has 82 valence electrons. The van der Waals surface area contributed by atoms with Gasteiger partial charge in [-0.05, 0) is 40.2 Å². The molecule has 14 heavy (non-hydrogen) atoms. The van der Waals surface area contributed by atoms with Crippen LogP contribution in [0.4, 0.5) is 0 Å². The first-order chi connectivity index (χ1) is 6.55. The Bertz CT molecular complexity index is 204. The fourth-order valence-electron chi connectivity index (χ4n) is 2.77. The van der Waals surface area contributed by atoms with Crippen LogP contribution < -0.4 is 5.32 Å². The Labute approximate surface area is 91.8 Å². The Kier molecular flexibility index (Phi) is 2.84. The number of thioether (sulfide) groups is 1. The molecule has 0 aliphatic carbocycles. The lowest BCUT2D eigenvalue weighted by Gasteiger charge is -2.47. The molecule has 0 aromatic carbocycles. The molecule has 0 bridgehead atoms. The summed E-state index contributed by atoms with van der Waals surface area (Å²) in [6.07, 6.45) is 2.70. The molecule has 2 rings (SSSR count). The summed E-state index contributed by atoms with van der Waals surface area (Å²) < 4.78 is 0. The zero-order chi connectivity index (χ0) is 10.2. The van der Waals surface area contributed by atoms with Crippen molar-refractivity contribution in [2.24, 2.45) is 0 Å². The molecule has 1 spiro atoms. The van der Waals surface area contributed by atoms with Gasteiger partial charge in [0.05, 0.1) is 4.87 Å². The molecule has 2 fully saturated rings. The predicted molar refractivity (Wildman–Crippen MR) is 63.8 cm³/mol. The first-order valence-electron chi connectivity index (χ1n) is 5.67. The Morgan fingerprint density at radius 3 is 2.71 bits per heavy atom. The molecule has 0 amide bonds. The van der Waals surface area contributed by atoms with Crippen molar-refractivity contribution in [2.75, 3.05) is 25.4 Å². The number of hydrogen-bond acceptors (Lipinski definition) is 3. The molecular formula is C11H22N2S. The summed E-state index contributed by atoms with van der Waals surface area (Å²) in [5.41, 5.74) is 0.322. The second kappa shape index (κ2) is 3.69. The second-order valence-corrected chi connectivity index (χ2v) is 6.85. The van der Waals surface area contributed by atoms with E-state index in [2.05, 4.69) is 42.7 Å². The maximum atomic E-state index is 3.56. The van der Waals surface area contributed by atoms with E-state index in [1.807, 2.05) is 0 Å². The average Bonchev–Trinajstić information content (AvgIpc) is 2.49. The van der Waals surface area contributed by atoms with Gasteiger partial charge in [0.15, 0.2) is 0 Å². The van der Waals surface area contributed by atoms with Gasteiger partial charge in [0.25, 0.3) is 0 Å². The van der Waals surface area contributed by atoms with Crippen molar-refractivity contribution in [1.82, 2.24) is 10.2 Å². The highest BCUT2D eigenvalue weighted by Crippen LogP contribution is 2.44. The van der Waals surface area contributed by atoms with Gasteiger partial charge in [-0.1, -0.05) is 0 Å². The van der Waals surface area contributed by atoms with Crippen LogP contribution in [0.2, 0.25) is 0 Å². The van der Waals surface area contributed by atoms with Crippen molar-refractivity contribution >= 4 is 11.8 Å². The van der Waals surface area contributed by atoms with Gasteiger partial charge < -0.3 is 5.32 Å². The van der Waals surface area contributed by atoms with Crippen molar-refractivity contribution < 1.29 is 0 Å². The van der Waals surface area contributed by atoms with Crippen LogP contribution in [0.1, 0.15) is 33.6 Å². The van der Waals surface area contributed by atoms with Gasteiger partial charge in [0.2, 0.25) is 0 Å². The Morgan fingerprint density at radius 2 is 2.14 bits per heavy atom. The van der Waals surface area contributed by atoms with E-state index in [0.717, 1.165) is 0 Å². The smallest absolute Gasteiger partial charge is 0.0801 e. The SMILES string of the molecule is CC(C)(C)N1CCSC12CCCNC2. The first kappa shape index (κ1) is 10.8. The fourth-order valence-corrected chi connectivity index (χ4v) is 4.44. The summed E-state index contributed by atoms with van der Waals surface area (Å²) in [6.45, 7) is 10.7. The van der Waals surface area contributed by atoms with Crippen molar-refractivity contribution in [3.8, 4) is 0 Å². The summed E-state index contributed by atoms with van der Waals surface area (Å²) >= 11 is 2.16. The molecule has 2 heterocycles. The van der Waals surface area contributed by atoms with Crippen molar-refractivity contribution in [1.29, 1.82) is 0 Å². The molecule has 1 N–H and O–H groups in total. The van der Waals surface area contributed by atoms with Crippen LogP contribution in [0.3, 0.4) is 0 Å². The fraction of sp³-hybridized carbons (Fsp3) is 1.00. The molecule has 1 unspecified atom stereocenters. The van der Waals surface area contributed by atoms with Crippen LogP contribution in [0.25, 0.3) is 0 Å². The van der Waals surface area contributed by atoms with Gasteiger partial charge in [0, 0.05) is 24.4 Å². The molecule has 2 aliphatic rings. The molecule has 0 radical (unpaired) electrons. The molecular weight excluding hydrogens is 192 g/mol. The van der Waals surface area contributed by atoms with Crippen LogP contribution in [0, 0.1) is 0 Å². The highest BCUT2D eigenvalue weighted by molar-refractivity contribution is 8.00. The summed E-state index contributed by atoms with van der Waals surface area (Å²) in [7, 11) is 0. The van der Waals surface area contributed by atoms with E-state index in [1.165, 1.54) is 38.2 Å². The van der Waals surface area contributed by atoms with E-state index < -0.39 is 0 Å². The van der Waals surface area contributed by atoms with Gasteiger partial charge in [-0.25, -0.2) is 0 Å². The highest BCUT2D eigenvalue weighted by Gasteiger charge is 2.46.